The molecule has 9 nitrogen and oxygen atoms in total. The van der Waals surface area contributed by atoms with Crippen LogP contribution in [0, 0.1) is 0 Å². The SMILES string of the molecule is COc1cccc(NC(=O)N[C@H]2C=C[C@@H](CC(=O)N3CCN(C)CC3)O[C@H]2CO)c1. The predicted molar refractivity (Wildman–Crippen MR) is 113 cm³/mol. The van der Waals surface area contributed by atoms with Crippen molar-refractivity contribution in [3.05, 3.63) is 36.4 Å². The lowest BCUT2D eigenvalue weighted by molar-refractivity contribution is -0.137. The first-order valence-corrected chi connectivity index (χ1v) is 10.1. The summed E-state index contributed by atoms with van der Waals surface area (Å²) in [4.78, 5) is 28.9. The van der Waals surface area contributed by atoms with E-state index in [2.05, 4.69) is 15.5 Å². The van der Waals surface area contributed by atoms with Gasteiger partial charge in [-0.3, -0.25) is 4.79 Å². The van der Waals surface area contributed by atoms with Crippen molar-refractivity contribution in [2.45, 2.75) is 24.7 Å². The number of piperazine rings is 1. The Kier molecular flexibility index (Phi) is 7.67. The molecular formula is C21H30N4O5. The number of hydrogen-bond donors (Lipinski definition) is 3. The summed E-state index contributed by atoms with van der Waals surface area (Å²) in [6.45, 7) is 2.88. The van der Waals surface area contributed by atoms with Crippen LogP contribution in [-0.2, 0) is 9.53 Å². The van der Waals surface area contributed by atoms with Gasteiger partial charge in [0.15, 0.2) is 0 Å². The van der Waals surface area contributed by atoms with Crippen LogP contribution in [0.2, 0.25) is 0 Å². The van der Waals surface area contributed by atoms with E-state index in [-0.39, 0.29) is 18.9 Å². The van der Waals surface area contributed by atoms with Crippen LogP contribution in [0.1, 0.15) is 6.42 Å². The first kappa shape index (κ1) is 22.1. The lowest BCUT2D eigenvalue weighted by atomic mass is 10.0. The van der Waals surface area contributed by atoms with Gasteiger partial charge in [-0.15, -0.1) is 0 Å². The highest BCUT2D eigenvalue weighted by Crippen LogP contribution is 2.19. The smallest absolute Gasteiger partial charge is 0.319 e. The lowest BCUT2D eigenvalue weighted by Gasteiger charge is -2.35. The van der Waals surface area contributed by atoms with Crippen molar-refractivity contribution in [2.75, 3.05) is 52.3 Å². The number of carbonyl (C=O) groups is 2. The minimum absolute atomic E-state index is 0.0385. The molecule has 3 atom stereocenters. The largest absolute Gasteiger partial charge is 0.497 e. The number of likely N-dealkylation sites (N-methyl/N-ethyl adjacent to an activating group) is 1. The number of aliphatic hydroxyl groups is 1. The molecule has 1 fully saturated rings. The van der Waals surface area contributed by atoms with Crippen molar-refractivity contribution in [2.24, 2.45) is 0 Å². The Morgan fingerprint density at radius 3 is 2.70 bits per heavy atom. The maximum atomic E-state index is 12.5. The van der Waals surface area contributed by atoms with Crippen molar-refractivity contribution in [1.29, 1.82) is 0 Å². The summed E-state index contributed by atoms with van der Waals surface area (Å²) in [5.41, 5.74) is 0.587. The van der Waals surface area contributed by atoms with Gasteiger partial charge >= 0.3 is 6.03 Å². The topological polar surface area (TPSA) is 103 Å². The summed E-state index contributed by atoms with van der Waals surface area (Å²) in [5.74, 6) is 0.673. The molecule has 1 aromatic rings. The Labute approximate surface area is 176 Å². The number of nitrogens with zero attached hydrogens (tertiary/aromatic N) is 2. The van der Waals surface area contributed by atoms with Crippen LogP contribution in [0.4, 0.5) is 10.5 Å². The van der Waals surface area contributed by atoms with Gasteiger partial charge in [0.05, 0.1) is 32.3 Å². The number of hydrogen-bond acceptors (Lipinski definition) is 6. The molecule has 0 spiro atoms. The number of benzene rings is 1. The van der Waals surface area contributed by atoms with E-state index in [9.17, 15) is 14.7 Å². The molecule has 1 saturated heterocycles. The Bertz CT molecular complexity index is 764. The minimum Gasteiger partial charge on any atom is -0.497 e. The molecule has 2 heterocycles. The molecule has 0 aliphatic carbocycles. The zero-order chi connectivity index (χ0) is 21.5. The molecule has 0 unspecified atom stereocenters. The standard InChI is InChI=1S/C21H30N4O5/c1-24-8-10-25(11-9-24)20(27)13-17-6-7-18(19(14-26)30-17)23-21(28)22-15-4-3-5-16(12-15)29-2/h3-7,12,17-19,26H,8-11,13-14H2,1-2H3,(H2,22,23,28)/t17-,18-,19-/m0/s1. The molecule has 2 aliphatic heterocycles. The quantitative estimate of drug-likeness (QED) is 0.587. The number of aliphatic hydroxyl groups excluding tert-OH is 1. The molecule has 164 valence electrons. The van der Waals surface area contributed by atoms with Crippen LogP contribution in [0.5, 0.6) is 5.75 Å². The Balaban J connectivity index is 1.52. The molecule has 9 heteroatoms. The number of rotatable bonds is 6. The zero-order valence-corrected chi connectivity index (χ0v) is 17.4. The van der Waals surface area contributed by atoms with E-state index in [1.165, 1.54) is 0 Å². The Morgan fingerprint density at radius 1 is 1.23 bits per heavy atom. The van der Waals surface area contributed by atoms with Crippen LogP contribution in [0.3, 0.4) is 0 Å². The normalized spacial score (nSPS) is 24.4. The summed E-state index contributed by atoms with van der Waals surface area (Å²) in [6.07, 6.45) is 2.72. The zero-order valence-electron chi connectivity index (χ0n) is 17.4. The van der Waals surface area contributed by atoms with E-state index >= 15 is 0 Å². The van der Waals surface area contributed by atoms with Gasteiger partial charge in [-0.2, -0.15) is 0 Å². The number of anilines is 1. The number of carbonyl (C=O) groups excluding carboxylic acids is 2. The number of urea groups is 1. The van der Waals surface area contributed by atoms with Crippen LogP contribution < -0.4 is 15.4 Å². The van der Waals surface area contributed by atoms with Crippen molar-refractivity contribution in [3.8, 4) is 5.75 Å². The number of ether oxygens (including phenoxy) is 2. The molecule has 3 amide bonds. The average molecular weight is 418 g/mol. The fourth-order valence-corrected chi connectivity index (χ4v) is 3.51. The number of amides is 3. The molecule has 0 aromatic heterocycles. The first-order valence-electron chi connectivity index (χ1n) is 10.1. The van der Waals surface area contributed by atoms with Gasteiger partial charge in [-0.05, 0) is 19.2 Å². The van der Waals surface area contributed by atoms with Crippen molar-refractivity contribution < 1.29 is 24.2 Å². The highest BCUT2D eigenvalue weighted by atomic mass is 16.5. The van der Waals surface area contributed by atoms with Gasteiger partial charge in [0.2, 0.25) is 5.91 Å². The fraction of sp³-hybridized carbons (Fsp3) is 0.524. The monoisotopic (exact) mass is 418 g/mol. The minimum atomic E-state index is -0.628. The van der Waals surface area contributed by atoms with Crippen LogP contribution in [0.15, 0.2) is 36.4 Å². The summed E-state index contributed by atoms with van der Waals surface area (Å²) >= 11 is 0. The molecular weight excluding hydrogens is 388 g/mol. The van der Waals surface area contributed by atoms with Gasteiger partial charge < -0.3 is 35.0 Å². The second-order valence-electron chi connectivity index (χ2n) is 7.52. The van der Waals surface area contributed by atoms with Gasteiger partial charge in [-0.25, -0.2) is 4.79 Å². The third kappa shape index (κ3) is 5.94. The average Bonchev–Trinajstić information content (AvgIpc) is 2.75. The highest BCUT2D eigenvalue weighted by molar-refractivity contribution is 5.89. The van der Waals surface area contributed by atoms with Gasteiger partial charge in [0, 0.05) is 37.9 Å². The highest BCUT2D eigenvalue weighted by Gasteiger charge is 2.30. The van der Waals surface area contributed by atoms with Crippen molar-refractivity contribution in [3.63, 3.8) is 0 Å². The van der Waals surface area contributed by atoms with Crippen LogP contribution in [-0.4, -0.2) is 92.0 Å². The van der Waals surface area contributed by atoms with E-state index in [0.29, 0.717) is 24.5 Å². The van der Waals surface area contributed by atoms with Gasteiger partial charge in [0.1, 0.15) is 11.9 Å². The van der Waals surface area contributed by atoms with Crippen LogP contribution in [0.25, 0.3) is 0 Å². The number of nitrogens with one attached hydrogen (secondary N) is 2. The molecule has 0 saturated carbocycles. The van der Waals surface area contributed by atoms with E-state index in [1.54, 1.807) is 43.5 Å². The third-order valence-electron chi connectivity index (χ3n) is 5.32. The summed E-state index contributed by atoms with van der Waals surface area (Å²) in [7, 11) is 3.60. The number of methoxy groups -OCH3 is 1. The molecule has 0 bridgehead atoms. The predicted octanol–water partition coefficient (Wildman–Crippen LogP) is 0.665. The maximum absolute atomic E-state index is 12.5. The summed E-state index contributed by atoms with van der Waals surface area (Å²) < 4.78 is 11.0. The summed E-state index contributed by atoms with van der Waals surface area (Å²) in [5, 5.41) is 15.2. The van der Waals surface area contributed by atoms with Gasteiger partial charge in [-0.1, -0.05) is 18.2 Å². The second kappa shape index (κ2) is 10.4. The maximum Gasteiger partial charge on any atom is 0.319 e. The van der Waals surface area contributed by atoms with E-state index in [0.717, 1.165) is 13.1 Å². The molecule has 30 heavy (non-hydrogen) atoms. The van der Waals surface area contributed by atoms with Gasteiger partial charge in [0.25, 0.3) is 0 Å². The molecule has 0 radical (unpaired) electrons. The second-order valence-corrected chi connectivity index (χ2v) is 7.52. The molecule has 3 rings (SSSR count). The van der Waals surface area contributed by atoms with E-state index < -0.39 is 24.3 Å². The third-order valence-corrected chi connectivity index (χ3v) is 5.32. The molecule has 3 N–H and O–H groups in total. The Morgan fingerprint density at radius 2 is 2.00 bits per heavy atom. The first-order chi connectivity index (χ1) is 14.5. The Hall–Kier alpha value is -2.62. The van der Waals surface area contributed by atoms with Crippen LogP contribution >= 0.6 is 0 Å². The summed E-state index contributed by atoms with van der Waals surface area (Å²) in [6, 6.07) is 6.08. The van der Waals surface area contributed by atoms with Crippen molar-refractivity contribution in [1.82, 2.24) is 15.1 Å². The molecule has 1 aromatic carbocycles. The fourth-order valence-electron chi connectivity index (χ4n) is 3.51. The van der Waals surface area contributed by atoms with Crippen molar-refractivity contribution >= 4 is 17.6 Å². The van der Waals surface area contributed by atoms with E-state index in [4.69, 9.17) is 9.47 Å². The van der Waals surface area contributed by atoms with E-state index in [1.807, 2.05) is 11.9 Å². The lowest BCUT2D eigenvalue weighted by Crippen LogP contribution is -2.51. The molecule has 2 aliphatic rings.